The zero-order valence-electron chi connectivity index (χ0n) is 13.0. The summed E-state index contributed by atoms with van der Waals surface area (Å²) in [5.74, 6) is -1.11. The summed E-state index contributed by atoms with van der Waals surface area (Å²) in [4.78, 5) is 23.5. The molecule has 116 valence electrons. The van der Waals surface area contributed by atoms with Crippen molar-refractivity contribution in [3.05, 3.63) is 0 Å². The summed E-state index contributed by atoms with van der Waals surface area (Å²) in [7, 11) is -2.05. The number of carboxylic acids is 1. The average Bonchev–Trinajstić information content (AvgIpc) is 2.54. The molecular formula is C13H25NO5Si. The molecule has 3 atom stereocenters. The van der Waals surface area contributed by atoms with Crippen LogP contribution in [0.3, 0.4) is 0 Å². The third-order valence-electron chi connectivity index (χ3n) is 4.53. The van der Waals surface area contributed by atoms with Crippen molar-refractivity contribution >= 4 is 20.4 Å². The molecule has 0 unspecified atom stereocenters. The third-order valence-corrected chi connectivity index (χ3v) is 9.03. The second kappa shape index (κ2) is 5.36. The van der Waals surface area contributed by atoms with Gasteiger partial charge in [0.15, 0.2) is 8.32 Å². The molecule has 6 nitrogen and oxygen atoms in total. The maximum absolute atomic E-state index is 11.3. The van der Waals surface area contributed by atoms with E-state index in [9.17, 15) is 19.8 Å². The first kappa shape index (κ1) is 17.0. The molecule has 1 aliphatic rings. The minimum atomic E-state index is -2.05. The van der Waals surface area contributed by atoms with Crippen molar-refractivity contribution in [3.63, 3.8) is 0 Å². The molecular weight excluding hydrogens is 278 g/mol. The fourth-order valence-corrected chi connectivity index (χ4v) is 3.63. The van der Waals surface area contributed by atoms with Crippen molar-refractivity contribution in [2.24, 2.45) is 0 Å². The first-order valence-corrected chi connectivity index (χ1v) is 9.71. The van der Waals surface area contributed by atoms with Crippen LogP contribution in [0, 0.1) is 0 Å². The van der Waals surface area contributed by atoms with Gasteiger partial charge in [0.1, 0.15) is 6.04 Å². The highest BCUT2D eigenvalue weighted by Crippen LogP contribution is 2.40. The van der Waals surface area contributed by atoms with Crippen LogP contribution in [0.2, 0.25) is 18.1 Å². The van der Waals surface area contributed by atoms with E-state index in [2.05, 4.69) is 33.9 Å². The van der Waals surface area contributed by atoms with Crippen LogP contribution in [0.5, 0.6) is 0 Å². The Morgan fingerprint density at radius 3 is 2.05 bits per heavy atom. The number of carbonyl (C=O) groups is 2. The summed E-state index contributed by atoms with van der Waals surface area (Å²) in [6, 6.07) is -1.46. The summed E-state index contributed by atoms with van der Waals surface area (Å²) in [5, 5.41) is 18.4. The topological polar surface area (TPSA) is 87.1 Å². The number of aliphatic carboxylic acids is 1. The van der Waals surface area contributed by atoms with Gasteiger partial charge in [-0.1, -0.05) is 20.8 Å². The van der Waals surface area contributed by atoms with Crippen molar-refractivity contribution < 1.29 is 24.2 Å². The second-order valence-electron chi connectivity index (χ2n) is 6.94. The van der Waals surface area contributed by atoms with Crippen LogP contribution in [0.25, 0.3) is 0 Å². The Labute approximate surface area is 120 Å². The van der Waals surface area contributed by atoms with Gasteiger partial charge in [0.05, 0.1) is 12.1 Å². The molecule has 0 aromatic heterocycles. The van der Waals surface area contributed by atoms with Gasteiger partial charge in [0.2, 0.25) is 0 Å². The van der Waals surface area contributed by atoms with Crippen LogP contribution in [0.1, 0.15) is 34.1 Å². The van der Waals surface area contributed by atoms with E-state index in [4.69, 9.17) is 4.43 Å². The van der Waals surface area contributed by atoms with Crippen molar-refractivity contribution in [1.29, 1.82) is 0 Å². The van der Waals surface area contributed by atoms with Gasteiger partial charge in [-0.3, -0.25) is 4.90 Å². The Hall–Kier alpha value is -1.08. The molecule has 7 heteroatoms. The molecule has 0 saturated carbocycles. The summed E-state index contributed by atoms with van der Waals surface area (Å²) in [6.45, 7) is 12.2. The highest BCUT2D eigenvalue weighted by molar-refractivity contribution is 6.74. The quantitative estimate of drug-likeness (QED) is 0.783. The summed E-state index contributed by atoms with van der Waals surface area (Å²) in [6.07, 6.45) is -1.34. The molecule has 2 N–H and O–H groups in total. The maximum Gasteiger partial charge on any atom is 0.408 e. The van der Waals surface area contributed by atoms with Crippen LogP contribution in [-0.2, 0) is 9.22 Å². The fraction of sp³-hybridized carbons (Fsp3) is 0.846. The molecule has 1 fully saturated rings. The molecule has 0 bridgehead atoms. The number of carboxylic acid groups (broad SMARTS) is 2. The maximum atomic E-state index is 11.3. The Morgan fingerprint density at radius 2 is 1.75 bits per heavy atom. The lowest BCUT2D eigenvalue weighted by Gasteiger charge is -2.39. The Bertz CT molecular complexity index is 404. The van der Waals surface area contributed by atoms with E-state index in [-0.39, 0.29) is 17.6 Å². The predicted molar refractivity (Wildman–Crippen MR) is 77.4 cm³/mol. The average molecular weight is 303 g/mol. The van der Waals surface area contributed by atoms with Gasteiger partial charge >= 0.3 is 12.1 Å². The minimum Gasteiger partial charge on any atom is -0.480 e. The van der Waals surface area contributed by atoms with E-state index in [1.165, 1.54) is 0 Å². The van der Waals surface area contributed by atoms with Gasteiger partial charge < -0.3 is 14.6 Å². The Morgan fingerprint density at radius 1 is 1.25 bits per heavy atom. The fourth-order valence-electron chi connectivity index (χ4n) is 2.22. The Balaban J connectivity index is 2.94. The van der Waals surface area contributed by atoms with Gasteiger partial charge in [0.25, 0.3) is 0 Å². The molecule has 1 aliphatic heterocycles. The molecule has 0 spiro atoms. The van der Waals surface area contributed by atoms with Gasteiger partial charge in [-0.15, -0.1) is 0 Å². The highest BCUT2D eigenvalue weighted by Gasteiger charge is 2.49. The van der Waals surface area contributed by atoms with Crippen LogP contribution >= 0.6 is 0 Å². The SMILES string of the molecule is C[C@H]1[C@H](O[Si](C)(C)C(C)(C)C)C[C@@H](C(=O)O)N1C(=O)O. The normalized spacial score (nSPS) is 27.7. The van der Waals surface area contributed by atoms with E-state index >= 15 is 0 Å². The minimum absolute atomic E-state index is 0.00207. The largest absolute Gasteiger partial charge is 0.480 e. The molecule has 1 rings (SSSR count). The summed E-state index contributed by atoms with van der Waals surface area (Å²) in [5.41, 5.74) is 0. The van der Waals surface area contributed by atoms with Crippen LogP contribution in [0.15, 0.2) is 0 Å². The Kier molecular flexibility index (Phi) is 4.55. The molecule has 1 saturated heterocycles. The third kappa shape index (κ3) is 3.14. The van der Waals surface area contributed by atoms with Crippen molar-refractivity contribution in [1.82, 2.24) is 4.90 Å². The second-order valence-corrected chi connectivity index (χ2v) is 11.7. The number of hydrogen-bond acceptors (Lipinski definition) is 3. The zero-order chi connectivity index (χ0) is 15.9. The lowest BCUT2D eigenvalue weighted by Crippen LogP contribution is -2.48. The highest BCUT2D eigenvalue weighted by atomic mass is 28.4. The number of amides is 1. The smallest absolute Gasteiger partial charge is 0.408 e. The summed E-state index contributed by atoms with van der Waals surface area (Å²) >= 11 is 0. The molecule has 20 heavy (non-hydrogen) atoms. The zero-order valence-corrected chi connectivity index (χ0v) is 14.0. The van der Waals surface area contributed by atoms with Gasteiger partial charge in [-0.2, -0.15) is 0 Å². The lowest BCUT2D eigenvalue weighted by molar-refractivity contribution is -0.141. The lowest BCUT2D eigenvalue weighted by atomic mass is 10.1. The molecule has 0 aromatic rings. The molecule has 0 radical (unpaired) electrons. The van der Waals surface area contributed by atoms with Gasteiger partial charge in [-0.05, 0) is 25.1 Å². The summed E-state index contributed by atoms with van der Waals surface area (Å²) < 4.78 is 6.21. The van der Waals surface area contributed by atoms with E-state index in [1.54, 1.807) is 6.92 Å². The monoisotopic (exact) mass is 303 g/mol. The van der Waals surface area contributed by atoms with Crippen molar-refractivity contribution in [2.45, 2.75) is 70.4 Å². The first-order chi connectivity index (χ1) is 8.88. The van der Waals surface area contributed by atoms with E-state index < -0.39 is 32.5 Å². The number of rotatable bonds is 3. The molecule has 1 amide bonds. The van der Waals surface area contributed by atoms with E-state index in [0.29, 0.717) is 0 Å². The molecule has 0 aliphatic carbocycles. The number of hydrogen-bond donors (Lipinski definition) is 2. The van der Waals surface area contributed by atoms with Crippen LogP contribution in [0.4, 0.5) is 4.79 Å². The van der Waals surface area contributed by atoms with Crippen LogP contribution in [-0.4, -0.2) is 53.7 Å². The predicted octanol–water partition coefficient (Wildman–Crippen LogP) is 2.60. The van der Waals surface area contributed by atoms with Gasteiger partial charge in [0, 0.05) is 6.42 Å². The number of likely N-dealkylation sites (tertiary alicyclic amines) is 1. The van der Waals surface area contributed by atoms with Crippen molar-refractivity contribution in [2.75, 3.05) is 0 Å². The standard InChI is InChI=1S/C13H25NO5Si/c1-8-10(19-20(5,6)13(2,3)4)7-9(11(15)16)14(8)12(17)18/h8-10H,7H2,1-6H3,(H,15,16)(H,17,18)/t8-,9-,10+/m0/s1. The molecule has 1 heterocycles. The van der Waals surface area contributed by atoms with E-state index in [0.717, 1.165) is 4.90 Å². The van der Waals surface area contributed by atoms with Gasteiger partial charge in [-0.25, -0.2) is 9.59 Å². The number of nitrogens with zero attached hydrogens (tertiary/aromatic N) is 1. The molecule has 0 aromatic carbocycles. The van der Waals surface area contributed by atoms with E-state index in [1.807, 2.05) is 0 Å². The first-order valence-electron chi connectivity index (χ1n) is 6.80. The van der Waals surface area contributed by atoms with Crippen molar-refractivity contribution in [3.8, 4) is 0 Å². The van der Waals surface area contributed by atoms with Crippen LogP contribution < -0.4 is 0 Å².